The SMILES string of the molecule is O=C(N/N=C\C(C[C@H](O)[C@H](O)CO)=N\NC(=O)c1ccccc1)c1ccccc1. The van der Waals surface area contributed by atoms with Crippen molar-refractivity contribution >= 4 is 23.7 Å². The number of hydrogen-bond donors (Lipinski definition) is 5. The molecule has 0 fully saturated rings. The fraction of sp³-hybridized carbons (Fsp3) is 0.200. The van der Waals surface area contributed by atoms with E-state index >= 15 is 0 Å². The van der Waals surface area contributed by atoms with Gasteiger partial charge in [-0.1, -0.05) is 36.4 Å². The Morgan fingerprint density at radius 2 is 1.38 bits per heavy atom. The van der Waals surface area contributed by atoms with Gasteiger partial charge in [-0.15, -0.1) is 0 Å². The molecule has 2 aromatic carbocycles. The molecule has 2 amide bonds. The second kappa shape index (κ2) is 11.4. The number of amides is 2. The van der Waals surface area contributed by atoms with Crippen molar-refractivity contribution in [2.24, 2.45) is 10.2 Å². The summed E-state index contributed by atoms with van der Waals surface area (Å²) < 4.78 is 0. The van der Waals surface area contributed by atoms with E-state index in [1.807, 2.05) is 0 Å². The Balaban J connectivity index is 2.07. The molecule has 0 aliphatic rings. The zero-order chi connectivity index (χ0) is 21.1. The van der Waals surface area contributed by atoms with Gasteiger partial charge < -0.3 is 15.3 Å². The van der Waals surface area contributed by atoms with E-state index in [9.17, 15) is 19.8 Å². The lowest BCUT2D eigenvalue weighted by molar-refractivity contribution is -0.00975. The van der Waals surface area contributed by atoms with Crippen LogP contribution in [0.5, 0.6) is 0 Å². The molecule has 0 saturated heterocycles. The lowest BCUT2D eigenvalue weighted by Crippen LogP contribution is -2.33. The molecule has 0 unspecified atom stereocenters. The molecule has 0 aliphatic carbocycles. The molecule has 0 radical (unpaired) electrons. The monoisotopic (exact) mass is 398 g/mol. The van der Waals surface area contributed by atoms with Crippen molar-refractivity contribution < 1.29 is 24.9 Å². The standard InChI is InChI=1S/C20H22N4O5/c25-13-18(27)17(26)11-16(22-24-20(29)15-9-5-2-6-10-15)12-21-23-19(28)14-7-3-1-4-8-14/h1-10,12,17-18,25-27H,11,13H2,(H,23,28)(H,24,29)/b21-12-,22-16+/t17-,18+/m0/s1. The fourth-order valence-electron chi connectivity index (χ4n) is 2.20. The second-order valence-corrected chi connectivity index (χ2v) is 6.00. The van der Waals surface area contributed by atoms with Crippen LogP contribution in [0.1, 0.15) is 27.1 Å². The number of nitrogens with one attached hydrogen (secondary N) is 2. The summed E-state index contributed by atoms with van der Waals surface area (Å²) in [5.74, 6) is -0.938. The van der Waals surface area contributed by atoms with Gasteiger partial charge in [0.2, 0.25) is 0 Å². The number of rotatable bonds is 9. The first-order valence-corrected chi connectivity index (χ1v) is 8.78. The molecule has 152 valence electrons. The van der Waals surface area contributed by atoms with Crippen LogP contribution in [0, 0.1) is 0 Å². The second-order valence-electron chi connectivity index (χ2n) is 6.00. The van der Waals surface area contributed by atoms with Crippen molar-refractivity contribution in [2.75, 3.05) is 6.61 Å². The molecule has 0 aliphatic heterocycles. The van der Waals surface area contributed by atoms with Gasteiger partial charge in [-0.05, 0) is 24.3 Å². The van der Waals surface area contributed by atoms with Gasteiger partial charge in [0.1, 0.15) is 6.10 Å². The molecule has 5 N–H and O–H groups in total. The highest BCUT2D eigenvalue weighted by Crippen LogP contribution is 2.02. The molecule has 9 nitrogen and oxygen atoms in total. The minimum absolute atomic E-state index is 0.0719. The molecule has 2 aromatic rings. The van der Waals surface area contributed by atoms with E-state index in [1.54, 1.807) is 60.7 Å². The number of hydrazone groups is 2. The largest absolute Gasteiger partial charge is 0.394 e. The van der Waals surface area contributed by atoms with Gasteiger partial charge in [-0.3, -0.25) is 9.59 Å². The number of benzene rings is 2. The van der Waals surface area contributed by atoms with E-state index in [0.29, 0.717) is 11.1 Å². The fourth-order valence-corrected chi connectivity index (χ4v) is 2.20. The maximum absolute atomic E-state index is 12.1. The molecule has 0 saturated carbocycles. The van der Waals surface area contributed by atoms with Crippen LogP contribution in [-0.4, -0.2) is 57.9 Å². The summed E-state index contributed by atoms with van der Waals surface area (Å²) >= 11 is 0. The summed E-state index contributed by atoms with van der Waals surface area (Å²) in [6, 6.07) is 16.8. The average Bonchev–Trinajstić information content (AvgIpc) is 2.77. The maximum atomic E-state index is 12.1. The molecule has 0 spiro atoms. The van der Waals surface area contributed by atoms with Gasteiger partial charge in [0.05, 0.1) is 24.6 Å². The normalized spacial score (nSPS) is 13.7. The van der Waals surface area contributed by atoms with E-state index in [0.717, 1.165) is 6.21 Å². The Kier molecular flexibility index (Phi) is 8.64. The van der Waals surface area contributed by atoms with E-state index in [-0.39, 0.29) is 12.1 Å². The van der Waals surface area contributed by atoms with Gasteiger partial charge in [0.15, 0.2) is 0 Å². The van der Waals surface area contributed by atoms with Crippen LogP contribution in [0.3, 0.4) is 0 Å². The molecular weight excluding hydrogens is 376 g/mol. The van der Waals surface area contributed by atoms with Crippen LogP contribution in [0.15, 0.2) is 70.9 Å². The molecule has 29 heavy (non-hydrogen) atoms. The maximum Gasteiger partial charge on any atom is 0.271 e. The van der Waals surface area contributed by atoms with E-state index < -0.39 is 30.6 Å². The highest BCUT2D eigenvalue weighted by atomic mass is 16.4. The Hall–Kier alpha value is -3.40. The minimum atomic E-state index is -1.39. The first kappa shape index (κ1) is 21.9. The number of nitrogens with zero attached hydrogens (tertiary/aromatic N) is 2. The lowest BCUT2D eigenvalue weighted by Gasteiger charge is -2.15. The van der Waals surface area contributed by atoms with E-state index in [4.69, 9.17) is 5.11 Å². The Labute approximate surface area is 167 Å². The molecule has 0 heterocycles. The summed E-state index contributed by atoms with van der Waals surface area (Å²) in [5.41, 5.74) is 5.48. The number of aliphatic hydroxyl groups excluding tert-OH is 3. The number of aliphatic hydroxyl groups is 3. The van der Waals surface area contributed by atoms with Gasteiger partial charge in [-0.25, -0.2) is 10.9 Å². The van der Waals surface area contributed by atoms with Crippen LogP contribution < -0.4 is 10.9 Å². The Morgan fingerprint density at radius 1 is 0.862 bits per heavy atom. The van der Waals surface area contributed by atoms with Crippen LogP contribution in [-0.2, 0) is 0 Å². The van der Waals surface area contributed by atoms with E-state index in [1.165, 1.54) is 0 Å². The zero-order valence-corrected chi connectivity index (χ0v) is 15.5. The van der Waals surface area contributed by atoms with Crippen molar-refractivity contribution in [3.63, 3.8) is 0 Å². The quantitative estimate of drug-likeness (QED) is 0.305. The van der Waals surface area contributed by atoms with Gasteiger partial charge in [0, 0.05) is 17.5 Å². The number of carbonyl (C=O) groups is 2. The highest BCUT2D eigenvalue weighted by molar-refractivity contribution is 6.31. The van der Waals surface area contributed by atoms with Gasteiger partial charge in [0.25, 0.3) is 11.8 Å². The smallest absolute Gasteiger partial charge is 0.271 e. The molecule has 0 bridgehead atoms. The molecule has 2 atom stereocenters. The van der Waals surface area contributed by atoms with Crippen LogP contribution >= 0.6 is 0 Å². The van der Waals surface area contributed by atoms with Crippen molar-refractivity contribution in [1.82, 2.24) is 10.9 Å². The Morgan fingerprint density at radius 3 is 1.90 bits per heavy atom. The third-order valence-corrected chi connectivity index (χ3v) is 3.80. The van der Waals surface area contributed by atoms with Crippen LogP contribution in [0.2, 0.25) is 0 Å². The van der Waals surface area contributed by atoms with Crippen molar-refractivity contribution in [3.8, 4) is 0 Å². The predicted octanol–water partition coefficient (Wildman–Crippen LogP) is 0.292. The first-order chi connectivity index (χ1) is 14.0. The van der Waals surface area contributed by atoms with Crippen molar-refractivity contribution in [2.45, 2.75) is 18.6 Å². The summed E-state index contributed by atoms with van der Waals surface area (Å²) in [5, 5.41) is 36.1. The van der Waals surface area contributed by atoms with Crippen LogP contribution in [0.4, 0.5) is 0 Å². The predicted molar refractivity (Wildman–Crippen MR) is 107 cm³/mol. The lowest BCUT2D eigenvalue weighted by atomic mass is 10.1. The molecule has 9 heteroatoms. The number of hydrogen-bond acceptors (Lipinski definition) is 7. The van der Waals surface area contributed by atoms with E-state index in [2.05, 4.69) is 21.1 Å². The first-order valence-electron chi connectivity index (χ1n) is 8.78. The van der Waals surface area contributed by atoms with Crippen molar-refractivity contribution in [3.05, 3.63) is 71.8 Å². The summed E-state index contributed by atoms with van der Waals surface area (Å²) in [4.78, 5) is 24.1. The summed E-state index contributed by atoms with van der Waals surface area (Å²) in [6.07, 6.45) is -1.82. The molecule has 0 aromatic heterocycles. The van der Waals surface area contributed by atoms with Crippen LogP contribution in [0.25, 0.3) is 0 Å². The third-order valence-electron chi connectivity index (χ3n) is 3.80. The Bertz CT molecular complexity index is 856. The van der Waals surface area contributed by atoms with Gasteiger partial charge >= 0.3 is 0 Å². The zero-order valence-electron chi connectivity index (χ0n) is 15.5. The topological polar surface area (TPSA) is 144 Å². The highest BCUT2D eigenvalue weighted by Gasteiger charge is 2.17. The molecule has 2 rings (SSSR count). The van der Waals surface area contributed by atoms with Crippen molar-refractivity contribution in [1.29, 1.82) is 0 Å². The average molecular weight is 398 g/mol. The third kappa shape index (κ3) is 7.26. The summed E-state index contributed by atoms with van der Waals surface area (Å²) in [7, 11) is 0. The molecular formula is C20H22N4O5. The van der Waals surface area contributed by atoms with Gasteiger partial charge in [-0.2, -0.15) is 10.2 Å². The summed E-state index contributed by atoms with van der Waals surface area (Å²) in [6.45, 7) is -0.646. The minimum Gasteiger partial charge on any atom is -0.394 e. The number of carbonyl (C=O) groups excluding carboxylic acids is 2.